The molecule has 2 aromatic heterocycles. The minimum absolute atomic E-state index is 0.0153. The lowest BCUT2D eigenvalue weighted by atomic mass is 10.1. The largest absolute Gasteiger partial charge is 0.494 e. The van der Waals surface area contributed by atoms with Crippen LogP contribution in [0.1, 0.15) is 25.5 Å². The number of carbonyl (C=O) groups excluding carboxylic acids is 1. The number of thiazole rings is 1. The van der Waals surface area contributed by atoms with Crippen molar-refractivity contribution in [2.75, 3.05) is 19.8 Å². The molecule has 0 saturated carbocycles. The van der Waals surface area contributed by atoms with Crippen LogP contribution in [0.5, 0.6) is 5.75 Å². The van der Waals surface area contributed by atoms with Crippen molar-refractivity contribution in [1.29, 1.82) is 0 Å². The van der Waals surface area contributed by atoms with Gasteiger partial charge in [-0.05, 0) is 44.0 Å². The van der Waals surface area contributed by atoms with E-state index in [-0.39, 0.29) is 12.0 Å². The summed E-state index contributed by atoms with van der Waals surface area (Å²) in [6.07, 6.45) is 4.59. The van der Waals surface area contributed by atoms with Gasteiger partial charge in [0, 0.05) is 36.0 Å². The summed E-state index contributed by atoms with van der Waals surface area (Å²) in [6.45, 7) is 4.01. The van der Waals surface area contributed by atoms with Crippen molar-refractivity contribution < 1.29 is 14.3 Å². The number of nitrogens with zero attached hydrogens (tertiary/aromatic N) is 2. The Morgan fingerprint density at radius 1 is 1.41 bits per heavy atom. The van der Waals surface area contributed by atoms with Crippen molar-refractivity contribution in [3.63, 3.8) is 0 Å². The van der Waals surface area contributed by atoms with E-state index in [4.69, 9.17) is 9.47 Å². The maximum Gasteiger partial charge on any atom is 0.226 e. The summed E-state index contributed by atoms with van der Waals surface area (Å²) in [7, 11) is 0. The third-order valence-corrected chi connectivity index (χ3v) is 5.53. The van der Waals surface area contributed by atoms with Crippen molar-refractivity contribution in [2.24, 2.45) is 0 Å². The molecular weight excluding hydrogens is 362 g/mol. The molecule has 1 unspecified atom stereocenters. The molecular formula is C20H23N3O3S. The highest BCUT2D eigenvalue weighted by Gasteiger charge is 2.17. The van der Waals surface area contributed by atoms with E-state index in [0.29, 0.717) is 19.6 Å². The second-order valence-electron chi connectivity index (χ2n) is 6.58. The number of nitrogens with one attached hydrogen (secondary N) is 1. The number of carbonyl (C=O) groups is 1. The lowest BCUT2D eigenvalue weighted by molar-refractivity contribution is -0.121. The zero-order valence-corrected chi connectivity index (χ0v) is 16.1. The molecule has 7 heteroatoms. The first kappa shape index (κ1) is 18.0. The molecule has 0 bridgehead atoms. The molecule has 0 spiro atoms. The lowest BCUT2D eigenvalue weighted by Crippen LogP contribution is -2.32. The molecule has 1 N–H and O–H groups in total. The average Bonchev–Trinajstić information content (AvgIpc) is 3.40. The number of hydrogen-bond donors (Lipinski definition) is 1. The van der Waals surface area contributed by atoms with E-state index in [2.05, 4.69) is 10.3 Å². The number of imidazole rings is 1. The van der Waals surface area contributed by atoms with Gasteiger partial charge in [0.15, 0.2) is 4.96 Å². The summed E-state index contributed by atoms with van der Waals surface area (Å²) in [5, 5.41) is 4.97. The fourth-order valence-electron chi connectivity index (χ4n) is 3.24. The monoisotopic (exact) mass is 385 g/mol. The van der Waals surface area contributed by atoms with Crippen LogP contribution in [0.25, 0.3) is 16.2 Å². The molecule has 1 aliphatic rings. The normalized spacial score (nSPS) is 16.7. The van der Waals surface area contributed by atoms with E-state index in [9.17, 15) is 4.79 Å². The Balaban J connectivity index is 1.44. The smallest absolute Gasteiger partial charge is 0.226 e. The minimum atomic E-state index is 0.0153. The van der Waals surface area contributed by atoms with E-state index in [1.54, 1.807) is 11.3 Å². The predicted octanol–water partition coefficient (Wildman–Crippen LogP) is 3.30. The molecule has 27 heavy (non-hydrogen) atoms. The van der Waals surface area contributed by atoms with Gasteiger partial charge in [-0.1, -0.05) is 0 Å². The first-order valence-corrected chi connectivity index (χ1v) is 10.2. The summed E-state index contributed by atoms with van der Waals surface area (Å²) >= 11 is 1.55. The molecule has 0 aliphatic carbocycles. The lowest BCUT2D eigenvalue weighted by Gasteiger charge is -2.10. The first-order chi connectivity index (χ1) is 13.2. The van der Waals surface area contributed by atoms with Gasteiger partial charge in [-0.3, -0.25) is 9.20 Å². The highest BCUT2D eigenvalue weighted by Crippen LogP contribution is 2.25. The molecule has 0 radical (unpaired) electrons. The van der Waals surface area contributed by atoms with Gasteiger partial charge < -0.3 is 14.8 Å². The number of fused-ring (bicyclic) bond motifs is 1. The Morgan fingerprint density at radius 2 is 2.26 bits per heavy atom. The summed E-state index contributed by atoms with van der Waals surface area (Å²) in [5.41, 5.74) is 2.87. The number of amides is 1. The second-order valence-corrected chi connectivity index (χ2v) is 7.42. The molecule has 3 heterocycles. The van der Waals surface area contributed by atoms with E-state index < -0.39 is 0 Å². The highest BCUT2D eigenvalue weighted by atomic mass is 32.1. The van der Waals surface area contributed by atoms with Crippen LogP contribution in [0.3, 0.4) is 0 Å². The quantitative estimate of drug-likeness (QED) is 0.678. The number of benzene rings is 1. The fraction of sp³-hybridized carbons (Fsp3) is 0.400. The number of ether oxygens (including phenoxy) is 2. The van der Waals surface area contributed by atoms with E-state index in [0.717, 1.165) is 47.1 Å². The van der Waals surface area contributed by atoms with Crippen LogP contribution >= 0.6 is 11.3 Å². The van der Waals surface area contributed by atoms with Crippen LogP contribution in [0, 0.1) is 0 Å². The van der Waals surface area contributed by atoms with Crippen molar-refractivity contribution in [2.45, 2.75) is 32.3 Å². The van der Waals surface area contributed by atoms with E-state index in [1.165, 1.54) is 0 Å². The Hall–Kier alpha value is -2.38. The molecule has 1 amide bonds. The van der Waals surface area contributed by atoms with Gasteiger partial charge in [-0.15, -0.1) is 11.3 Å². The van der Waals surface area contributed by atoms with E-state index in [1.807, 2.05) is 47.2 Å². The zero-order chi connectivity index (χ0) is 18.6. The molecule has 1 aromatic carbocycles. The summed E-state index contributed by atoms with van der Waals surface area (Å²) in [5.74, 6) is 0.868. The van der Waals surface area contributed by atoms with Crippen molar-refractivity contribution in [1.82, 2.24) is 14.7 Å². The van der Waals surface area contributed by atoms with Crippen LogP contribution in [0.2, 0.25) is 0 Å². The predicted molar refractivity (Wildman–Crippen MR) is 105 cm³/mol. The van der Waals surface area contributed by atoms with Gasteiger partial charge in [0.2, 0.25) is 5.91 Å². The van der Waals surface area contributed by atoms with Crippen LogP contribution in [-0.4, -0.2) is 41.2 Å². The minimum Gasteiger partial charge on any atom is -0.494 e. The fourth-order valence-corrected chi connectivity index (χ4v) is 4.12. The van der Waals surface area contributed by atoms with Crippen molar-refractivity contribution >= 4 is 22.2 Å². The molecule has 142 valence electrons. The van der Waals surface area contributed by atoms with Crippen LogP contribution < -0.4 is 10.1 Å². The molecule has 3 aromatic rings. The molecule has 4 rings (SSSR count). The first-order valence-electron chi connectivity index (χ1n) is 9.30. The third-order valence-electron chi connectivity index (χ3n) is 4.64. The number of aromatic nitrogens is 2. The number of rotatable bonds is 7. The van der Waals surface area contributed by atoms with E-state index >= 15 is 0 Å². The average molecular weight is 385 g/mol. The Labute approximate surface area is 162 Å². The van der Waals surface area contributed by atoms with Gasteiger partial charge >= 0.3 is 0 Å². The Bertz CT molecular complexity index is 910. The summed E-state index contributed by atoms with van der Waals surface area (Å²) in [6, 6.07) is 7.91. The molecule has 1 fully saturated rings. The summed E-state index contributed by atoms with van der Waals surface area (Å²) < 4.78 is 13.0. The summed E-state index contributed by atoms with van der Waals surface area (Å²) in [4.78, 5) is 17.9. The van der Waals surface area contributed by atoms with Gasteiger partial charge in [-0.2, -0.15) is 0 Å². The Morgan fingerprint density at radius 3 is 3.00 bits per heavy atom. The maximum atomic E-state index is 12.3. The molecule has 1 saturated heterocycles. The topological polar surface area (TPSA) is 64.9 Å². The molecule has 1 aliphatic heterocycles. The van der Waals surface area contributed by atoms with Gasteiger partial charge in [0.05, 0.1) is 24.8 Å². The van der Waals surface area contributed by atoms with Crippen LogP contribution in [0.15, 0.2) is 35.8 Å². The van der Waals surface area contributed by atoms with Gasteiger partial charge in [0.1, 0.15) is 5.75 Å². The Kier molecular flexibility index (Phi) is 5.40. The number of hydrogen-bond acceptors (Lipinski definition) is 5. The van der Waals surface area contributed by atoms with Crippen LogP contribution in [-0.2, 0) is 16.0 Å². The molecule has 6 nitrogen and oxygen atoms in total. The van der Waals surface area contributed by atoms with Crippen molar-refractivity contribution in [3.05, 3.63) is 41.5 Å². The van der Waals surface area contributed by atoms with Crippen LogP contribution in [0.4, 0.5) is 0 Å². The molecule has 1 atom stereocenters. The second kappa shape index (κ2) is 8.10. The maximum absolute atomic E-state index is 12.3. The van der Waals surface area contributed by atoms with Crippen molar-refractivity contribution in [3.8, 4) is 17.0 Å². The third kappa shape index (κ3) is 4.14. The highest BCUT2D eigenvalue weighted by molar-refractivity contribution is 7.15. The SMILES string of the molecule is CCOc1ccc(-c2cn3c(CC(=O)NCC4CCCO4)csc3n2)cc1. The van der Waals surface area contributed by atoms with Gasteiger partial charge in [0.25, 0.3) is 0 Å². The van der Waals surface area contributed by atoms with Gasteiger partial charge in [-0.25, -0.2) is 4.98 Å². The standard InChI is InChI=1S/C20H23N3O3S/c1-2-25-16-7-5-14(6-8-16)18-12-23-15(13-27-20(23)22-18)10-19(24)21-11-17-4-3-9-26-17/h5-8,12-13,17H,2-4,9-11H2,1H3,(H,21,24). The zero-order valence-electron chi connectivity index (χ0n) is 15.3.